The molecule has 2 aromatic carbocycles. The first kappa shape index (κ1) is 18.8. The Morgan fingerprint density at radius 3 is 2.36 bits per heavy atom. The molecule has 2 aliphatic rings. The Morgan fingerprint density at radius 2 is 1.71 bits per heavy atom. The number of methoxy groups -OCH3 is 3. The molecule has 0 N–H and O–H groups in total. The van der Waals surface area contributed by atoms with Crippen LogP contribution in [0.1, 0.15) is 50.2 Å². The lowest BCUT2D eigenvalue weighted by molar-refractivity contribution is 0.00298. The van der Waals surface area contributed by atoms with Crippen molar-refractivity contribution in [3.8, 4) is 17.2 Å². The number of ketones is 1. The van der Waals surface area contributed by atoms with Crippen molar-refractivity contribution in [1.29, 1.82) is 0 Å². The molecule has 2 aromatic rings. The standard InChI is InChI=1S/C21H19BrO6/c1-10-7-14(26-3)16-13(23)5-6-21(18(16)19(10)22)17-12(20(24)28-21)8-11(25-2)9-15(17)27-4/h7-9H,5-6H2,1-4H3. The number of fused-ring (bicyclic) bond motifs is 4. The van der Waals surface area contributed by atoms with Crippen molar-refractivity contribution in [3.05, 3.63) is 50.5 Å². The maximum Gasteiger partial charge on any atom is 0.340 e. The average molecular weight is 447 g/mol. The van der Waals surface area contributed by atoms with Crippen molar-refractivity contribution in [2.75, 3.05) is 21.3 Å². The first-order valence-corrected chi connectivity index (χ1v) is 9.57. The molecule has 4 rings (SSSR count). The fourth-order valence-corrected chi connectivity index (χ4v) is 4.81. The van der Waals surface area contributed by atoms with Crippen LogP contribution in [0.5, 0.6) is 17.2 Å². The average Bonchev–Trinajstić information content (AvgIpc) is 2.98. The summed E-state index contributed by atoms with van der Waals surface area (Å²) in [5.41, 5.74) is 1.78. The lowest BCUT2D eigenvalue weighted by Gasteiger charge is -2.37. The second kappa shape index (κ2) is 6.51. The molecule has 0 aromatic heterocycles. The molecule has 0 saturated heterocycles. The molecule has 6 nitrogen and oxygen atoms in total. The van der Waals surface area contributed by atoms with Gasteiger partial charge in [-0.05, 0) is 24.6 Å². The molecule has 146 valence electrons. The Kier molecular flexibility index (Phi) is 4.38. The topological polar surface area (TPSA) is 71.1 Å². The van der Waals surface area contributed by atoms with Crippen LogP contribution in [0.4, 0.5) is 0 Å². The van der Waals surface area contributed by atoms with E-state index in [9.17, 15) is 9.59 Å². The van der Waals surface area contributed by atoms with E-state index in [1.165, 1.54) is 21.3 Å². The number of rotatable bonds is 3. The molecule has 1 aliphatic heterocycles. The lowest BCUT2D eigenvalue weighted by atomic mass is 9.73. The number of hydrogen-bond acceptors (Lipinski definition) is 6. The van der Waals surface area contributed by atoms with Gasteiger partial charge in [0.15, 0.2) is 11.4 Å². The van der Waals surface area contributed by atoms with Crippen molar-refractivity contribution >= 4 is 27.7 Å². The van der Waals surface area contributed by atoms with E-state index in [1.807, 2.05) is 13.0 Å². The largest absolute Gasteiger partial charge is 0.497 e. The first-order valence-electron chi connectivity index (χ1n) is 8.78. The predicted molar refractivity (Wildman–Crippen MR) is 105 cm³/mol. The third-order valence-electron chi connectivity index (χ3n) is 5.44. The van der Waals surface area contributed by atoms with Crippen molar-refractivity contribution in [2.24, 2.45) is 0 Å². The van der Waals surface area contributed by atoms with Crippen LogP contribution in [-0.2, 0) is 10.3 Å². The number of halogens is 1. The minimum atomic E-state index is -1.13. The summed E-state index contributed by atoms with van der Waals surface area (Å²) in [6.07, 6.45) is 0.548. The second-order valence-electron chi connectivity index (χ2n) is 6.85. The summed E-state index contributed by atoms with van der Waals surface area (Å²) >= 11 is 3.62. The Bertz CT molecular complexity index is 1030. The van der Waals surface area contributed by atoms with Gasteiger partial charge in [-0.3, -0.25) is 4.79 Å². The highest BCUT2D eigenvalue weighted by Crippen LogP contribution is 2.56. The van der Waals surface area contributed by atoms with Crippen LogP contribution in [0.25, 0.3) is 0 Å². The molecular weight excluding hydrogens is 428 g/mol. The van der Waals surface area contributed by atoms with Gasteiger partial charge in [-0.2, -0.15) is 0 Å². The molecule has 7 heteroatoms. The molecule has 0 radical (unpaired) electrons. The van der Waals surface area contributed by atoms with Crippen LogP contribution >= 0.6 is 15.9 Å². The van der Waals surface area contributed by atoms with Gasteiger partial charge in [-0.1, -0.05) is 15.9 Å². The van der Waals surface area contributed by atoms with E-state index in [-0.39, 0.29) is 12.2 Å². The van der Waals surface area contributed by atoms with Crippen molar-refractivity contribution in [1.82, 2.24) is 0 Å². The molecule has 0 amide bonds. The van der Waals surface area contributed by atoms with Crippen molar-refractivity contribution in [3.63, 3.8) is 0 Å². The summed E-state index contributed by atoms with van der Waals surface area (Å²) < 4.78 is 23.1. The number of carbonyl (C=O) groups is 2. The van der Waals surface area contributed by atoms with E-state index in [0.29, 0.717) is 45.9 Å². The number of ether oxygens (including phenoxy) is 4. The quantitative estimate of drug-likeness (QED) is 0.658. The van der Waals surface area contributed by atoms with Gasteiger partial charge in [0.25, 0.3) is 0 Å². The Hall–Kier alpha value is -2.54. The molecule has 1 atom stereocenters. The van der Waals surface area contributed by atoms with Crippen LogP contribution in [0, 0.1) is 6.92 Å². The number of carbonyl (C=O) groups excluding carboxylic acids is 2. The number of hydrogen-bond donors (Lipinski definition) is 0. The van der Waals surface area contributed by atoms with E-state index in [0.717, 1.165) is 10.0 Å². The summed E-state index contributed by atoms with van der Waals surface area (Å²) in [6.45, 7) is 1.91. The zero-order valence-electron chi connectivity index (χ0n) is 16.0. The summed E-state index contributed by atoms with van der Waals surface area (Å²) in [5, 5.41) is 0. The van der Waals surface area contributed by atoms with E-state index >= 15 is 0 Å². The van der Waals surface area contributed by atoms with Gasteiger partial charge in [0.1, 0.15) is 17.2 Å². The third kappa shape index (κ3) is 2.38. The molecule has 0 saturated carbocycles. The normalized spacial score (nSPS) is 19.9. The van der Waals surface area contributed by atoms with Crippen molar-refractivity contribution < 1.29 is 28.5 Å². The molecule has 28 heavy (non-hydrogen) atoms. The van der Waals surface area contributed by atoms with Gasteiger partial charge in [0.2, 0.25) is 0 Å². The Morgan fingerprint density at radius 1 is 1.00 bits per heavy atom. The lowest BCUT2D eigenvalue weighted by Crippen LogP contribution is -2.36. The van der Waals surface area contributed by atoms with Crippen LogP contribution in [0.3, 0.4) is 0 Å². The van der Waals surface area contributed by atoms with Gasteiger partial charge < -0.3 is 18.9 Å². The molecular formula is C21H19BrO6. The minimum absolute atomic E-state index is 0.0462. The monoisotopic (exact) mass is 446 g/mol. The van der Waals surface area contributed by atoms with Crippen LogP contribution in [-0.4, -0.2) is 33.1 Å². The molecule has 1 heterocycles. The van der Waals surface area contributed by atoms with Gasteiger partial charge in [-0.15, -0.1) is 0 Å². The van der Waals surface area contributed by atoms with E-state index < -0.39 is 11.6 Å². The molecule has 0 bridgehead atoms. The summed E-state index contributed by atoms with van der Waals surface area (Å²) in [6, 6.07) is 5.17. The van der Waals surface area contributed by atoms with E-state index in [1.54, 1.807) is 12.1 Å². The fraction of sp³-hybridized carbons (Fsp3) is 0.333. The summed E-state index contributed by atoms with van der Waals surface area (Å²) in [4.78, 5) is 25.7. The zero-order chi connectivity index (χ0) is 20.2. The van der Waals surface area contributed by atoms with Crippen LogP contribution in [0.2, 0.25) is 0 Å². The fourth-order valence-electron chi connectivity index (χ4n) is 4.18. The molecule has 1 unspecified atom stereocenters. The van der Waals surface area contributed by atoms with Crippen LogP contribution < -0.4 is 14.2 Å². The Balaban J connectivity index is 2.12. The number of esters is 1. The predicted octanol–water partition coefficient (Wildman–Crippen LogP) is 4.17. The number of Topliss-reactive ketones (excluding diaryl/α,β-unsaturated/α-hetero) is 1. The zero-order valence-corrected chi connectivity index (χ0v) is 17.6. The highest BCUT2D eigenvalue weighted by Gasteiger charge is 2.55. The van der Waals surface area contributed by atoms with Gasteiger partial charge >= 0.3 is 5.97 Å². The highest BCUT2D eigenvalue weighted by atomic mass is 79.9. The summed E-state index contributed by atoms with van der Waals surface area (Å²) in [5.74, 6) is 0.928. The number of benzene rings is 2. The summed E-state index contributed by atoms with van der Waals surface area (Å²) in [7, 11) is 4.58. The number of aryl methyl sites for hydroxylation is 1. The minimum Gasteiger partial charge on any atom is -0.497 e. The highest BCUT2D eigenvalue weighted by molar-refractivity contribution is 9.10. The van der Waals surface area contributed by atoms with E-state index in [4.69, 9.17) is 18.9 Å². The Labute approximate surface area is 170 Å². The van der Waals surface area contributed by atoms with E-state index in [2.05, 4.69) is 15.9 Å². The van der Waals surface area contributed by atoms with Gasteiger partial charge in [-0.25, -0.2) is 4.79 Å². The molecule has 0 fully saturated rings. The second-order valence-corrected chi connectivity index (χ2v) is 7.64. The SMILES string of the molecule is COc1cc(OC)c2c(c1)C(=O)OC21CCC(=O)c2c(OC)cc(C)c(Br)c21. The third-order valence-corrected chi connectivity index (χ3v) is 6.46. The molecule has 1 aliphatic carbocycles. The van der Waals surface area contributed by atoms with Gasteiger partial charge in [0.05, 0.1) is 38.0 Å². The molecule has 1 spiro atoms. The maximum absolute atomic E-state index is 12.9. The maximum atomic E-state index is 12.9. The van der Waals surface area contributed by atoms with Crippen LogP contribution in [0.15, 0.2) is 22.7 Å². The first-order chi connectivity index (χ1) is 13.4. The smallest absolute Gasteiger partial charge is 0.340 e. The van der Waals surface area contributed by atoms with Crippen molar-refractivity contribution in [2.45, 2.75) is 25.4 Å². The van der Waals surface area contributed by atoms with Gasteiger partial charge in [0, 0.05) is 28.9 Å².